The van der Waals surface area contributed by atoms with Crippen LogP contribution in [0.15, 0.2) is 18.2 Å². The van der Waals surface area contributed by atoms with Gasteiger partial charge in [0.2, 0.25) is 5.91 Å². The summed E-state index contributed by atoms with van der Waals surface area (Å²) in [5.74, 6) is -2.42. The van der Waals surface area contributed by atoms with Gasteiger partial charge < -0.3 is 15.0 Å². The molecule has 0 spiro atoms. The van der Waals surface area contributed by atoms with E-state index in [4.69, 9.17) is 9.57 Å². The van der Waals surface area contributed by atoms with Gasteiger partial charge in [-0.25, -0.2) is 14.2 Å². The number of hydrogen-bond donors (Lipinski definition) is 1. The molecule has 3 rings (SSSR count). The first-order chi connectivity index (χ1) is 15.8. The molecule has 1 aromatic rings. The molecule has 1 N–H and O–H groups in total. The summed E-state index contributed by atoms with van der Waals surface area (Å²) in [4.78, 5) is 43.3. The summed E-state index contributed by atoms with van der Waals surface area (Å²) in [6.45, 7) is -0.0339. The van der Waals surface area contributed by atoms with Gasteiger partial charge in [-0.1, -0.05) is 0 Å². The highest BCUT2D eigenvalue weighted by Crippen LogP contribution is 2.28. The molecule has 0 unspecified atom stereocenters. The molecule has 33 heavy (non-hydrogen) atoms. The van der Waals surface area contributed by atoms with Crippen molar-refractivity contribution in [2.24, 2.45) is 0 Å². The van der Waals surface area contributed by atoms with Crippen LogP contribution in [0.4, 0.5) is 33.7 Å². The third-order valence-electron chi connectivity index (χ3n) is 5.14. The molecule has 0 saturated carbocycles. The maximum atomic E-state index is 14.9. The monoisotopic (exact) mass is 476 g/mol. The number of hydroxylamine groups is 2. The summed E-state index contributed by atoms with van der Waals surface area (Å²) in [7, 11) is 0. The Kier molecular flexibility index (Phi) is 8.31. The number of halogens is 4. The second kappa shape index (κ2) is 11.2. The van der Waals surface area contributed by atoms with Crippen LogP contribution in [0.2, 0.25) is 0 Å². The number of amides is 3. The highest BCUT2D eigenvalue weighted by atomic mass is 19.3. The van der Waals surface area contributed by atoms with Crippen LogP contribution in [-0.2, 0) is 19.2 Å². The van der Waals surface area contributed by atoms with Gasteiger partial charge in [-0.3, -0.25) is 23.7 Å². The molecule has 0 aliphatic carbocycles. The lowest BCUT2D eigenvalue weighted by atomic mass is 10.2. The number of carbonyl (C=O) groups is 3. The van der Waals surface area contributed by atoms with Crippen LogP contribution in [0.5, 0.6) is 0 Å². The van der Waals surface area contributed by atoms with E-state index in [-0.39, 0.29) is 62.9 Å². The van der Waals surface area contributed by atoms with Crippen molar-refractivity contribution < 1.29 is 41.5 Å². The zero-order valence-corrected chi connectivity index (χ0v) is 17.6. The van der Waals surface area contributed by atoms with E-state index < -0.39 is 37.0 Å². The Bertz CT molecular complexity index is 875. The number of cyclic esters (lactones) is 1. The molecule has 2 aliphatic rings. The Balaban J connectivity index is 1.60. The second-order valence-electron chi connectivity index (χ2n) is 7.41. The molecule has 0 aromatic heterocycles. The Hall–Kier alpha value is -3.09. The molecule has 2 saturated heterocycles. The van der Waals surface area contributed by atoms with Crippen molar-refractivity contribution in [1.82, 2.24) is 10.4 Å². The first-order valence-electron chi connectivity index (χ1n) is 10.4. The minimum absolute atomic E-state index is 0.0261. The number of anilines is 2. The van der Waals surface area contributed by atoms with Crippen LogP contribution in [0.25, 0.3) is 0 Å². The number of nitrogens with one attached hydrogen (secondary N) is 1. The normalized spacial score (nSPS) is 19.0. The highest BCUT2D eigenvalue weighted by molar-refractivity contribution is 5.90. The number of nitrogens with zero attached hydrogens (tertiary/aromatic N) is 3. The third kappa shape index (κ3) is 6.24. The van der Waals surface area contributed by atoms with Crippen LogP contribution < -0.4 is 15.1 Å². The van der Waals surface area contributed by atoms with Crippen molar-refractivity contribution >= 4 is 29.3 Å². The number of carbonyl (C=O) groups excluding carboxylic acids is 3. The molecule has 9 nitrogen and oxygen atoms in total. The second-order valence-corrected chi connectivity index (χ2v) is 7.41. The van der Waals surface area contributed by atoms with Gasteiger partial charge >= 0.3 is 12.5 Å². The van der Waals surface area contributed by atoms with Crippen molar-refractivity contribution in [3.05, 3.63) is 24.0 Å². The summed E-state index contributed by atoms with van der Waals surface area (Å²) in [6, 6.07) is 4.13. The average Bonchev–Trinajstić information content (AvgIpc) is 2.99. The van der Waals surface area contributed by atoms with E-state index in [1.165, 1.54) is 12.1 Å². The smallest absolute Gasteiger partial charge is 0.414 e. The first-order valence-corrected chi connectivity index (χ1v) is 10.4. The number of hydrogen-bond acceptors (Lipinski definition) is 6. The summed E-state index contributed by atoms with van der Waals surface area (Å²) in [6.07, 6.45) is -4.69. The Morgan fingerprint density at radius 2 is 2.00 bits per heavy atom. The van der Waals surface area contributed by atoms with Gasteiger partial charge in [0, 0.05) is 19.5 Å². The highest BCUT2D eigenvalue weighted by Gasteiger charge is 2.33. The van der Waals surface area contributed by atoms with Gasteiger partial charge in [0.15, 0.2) is 0 Å². The standard InChI is InChI=1S/C20H24F4N4O5/c21-5-1-2-17(29)28-7-6-26(8-9-32-28)16-4-3-13(10-15(16)22)27-12-14(33-20(27)31)11-25-19(30)18(23)24/h3-4,10,14,18H,1-2,5-9,11-12H2,(H,25,30)/t14-/m0/s1. The summed E-state index contributed by atoms with van der Waals surface area (Å²) in [5, 5.41) is 3.14. The van der Waals surface area contributed by atoms with Gasteiger partial charge in [-0.2, -0.15) is 8.78 Å². The summed E-state index contributed by atoms with van der Waals surface area (Å²) in [5.41, 5.74) is 0.451. The van der Waals surface area contributed by atoms with Crippen molar-refractivity contribution in [2.75, 3.05) is 55.8 Å². The van der Waals surface area contributed by atoms with E-state index in [1.54, 1.807) is 4.90 Å². The largest absolute Gasteiger partial charge is 0.442 e. The predicted molar refractivity (Wildman–Crippen MR) is 108 cm³/mol. The van der Waals surface area contributed by atoms with Crippen LogP contribution in [0.3, 0.4) is 0 Å². The number of alkyl halides is 3. The van der Waals surface area contributed by atoms with Gasteiger partial charge in [0.1, 0.15) is 11.9 Å². The molecule has 2 heterocycles. The Labute approximate surface area is 187 Å². The lowest BCUT2D eigenvalue weighted by Crippen LogP contribution is -2.37. The molecule has 3 amide bonds. The fraction of sp³-hybridized carbons (Fsp3) is 0.550. The number of benzene rings is 1. The quantitative estimate of drug-likeness (QED) is 0.576. The van der Waals surface area contributed by atoms with Crippen molar-refractivity contribution in [1.29, 1.82) is 0 Å². The zero-order chi connectivity index (χ0) is 24.0. The van der Waals surface area contributed by atoms with Crippen LogP contribution in [0.1, 0.15) is 12.8 Å². The third-order valence-corrected chi connectivity index (χ3v) is 5.14. The van der Waals surface area contributed by atoms with Crippen LogP contribution in [-0.4, -0.2) is 81.5 Å². The summed E-state index contributed by atoms with van der Waals surface area (Å²) >= 11 is 0. The molecule has 1 aromatic carbocycles. The SMILES string of the molecule is O=C(NC[C@H]1CN(c2ccc(N3CCON(C(=O)CCCF)CC3)c(F)c2)C(=O)O1)C(F)F. The maximum absolute atomic E-state index is 14.9. The number of ether oxygens (including phenoxy) is 1. The predicted octanol–water partition coefficient (Wildman–Crippen LogP) is 1.86. The molecule has 0 bridgehead atoms. The van der Waals surface area contributed by atoms with Crippen molar-refractivity contribution in [3.63, 3.8) is 0 Å². The van der Waals surface area contributed by atoms with Gasteiger partial charge in [-0.05, 0) is 24.6 Å². The fourth-order valence-electron chi connectivity index (χ4n) is 3.48. The molecule has 2 fully saturated rings. The molecule has 2 aliphatic heterocycles. The fourth-order valence-corrected chi connectivity index (χ4v) is 3.48. The van der Waals surface area contributed by atoms with E-state index in [2.05, 4.69) is 0 Å². The average molecular weight is 476 g/mol. The van der Waals surface area contributed by atoms with Gasteiger partial charge in [0.05, 0.1) is 44.3 Å². The van der Waals surface area contributed by atoms with E-state index in [0.29, 0.717) is 6.54 Å². The zero-order valence-electron chi connectivity index (χ0n) is 17.6. The van der Waals surface area contributed by atoms with Crippen LogP contribution in [0, 0.1) is 5.82 Å². The van der Waals surface area contributed by atoms with E-state index in [0.717, 1.165) is 16.0 Å². The lowest BCUT2D eigenvalue weighted by Gasteiger charge is -2.24. The summed E-state index contributed by atoms with van der Waals surface area (Å²) < 4.78 is 56.8. The molecular weight excluding hydrogens is 452 g/mol. The molecular formula is C20H24F4N4O5. The van der Waals surface area contributed by atoms with Gasteiger partial charge in [-0.15, -0.1) is 0 Å². The molecule has 1 atom stereocenters. The Morgan fingerprint density at radius 3 is 2.70 bits per heavy atom. The maximum Gasteiger partial charge on any atom is 0.414 e. The van der Waals surface area contributed by atoms with E-state index in [9.17, 15) is 31.9 Å². The Morgan fingerprint density at radius 1 is 1.21 bits per heavy atom. The van der Waals surface area contributed by atoms with Crippen molar-refractivity contribution in [2.45, 2.75) is 25.4 Å². The van der Waals surface area contributed by atoms with E-state index >= 15 is 0 Å². The molecule has 0 radical (unpaired) electrons. The van der Waals surface area contributed by atoms with Gasteiger partial charge in [0.25, 0.3) is 5.91 Å². The number of rotatable bonds is 8. The lowest BCUT2D eigenvalue weighted by molar-refractivity contribution is -0.182. The first kappa shape index (κ1) is 24.6. The topological polar surface area (TPSA) is 91.4 Å². The minimum Gasteiger partial charge on any atom is -0.442 e. The van der Waals surface area contributed by atoms with Crippen LogP contribution >= 0.6 is 0 Å². The molecule has 182 valence electrons. The molecule has 13 heteroatoms. The van der Waals surface area contributed by atoms with E-state index in [1.807, 2.05) is 5.32 Å². The minimum atomic E-state index is -3.18. The van der Waals surface area contributed by atoms with Crippen molar-refractivity contribution in [3.8, 4) is 0 Å².